The van der Waals surface area contributed by atoms with E-state index in [9.17, 15) is 14.7 Å². The third kappa shape index (κ3) is 3.37. The van der Waals surface area contributed by atoms with Gasteiger partial charge in [-0.25, -0.2) is 0 Å². The summed E-state index contributed by atoms with van der Waals surface area (Å²) in [4.78, 5) is 25.9. The summed E-state index contributed by atoms with van der Waals surface area (Å²) in [5, 5.41) is 14.3. The fourth-order valence-electron chi connectivity index (χ4n) is 4.09. The Morgan fingerprint density at radius 2 is 2.07 bits per heavy atom. The first kappa shape index (κ1) is 17.8. The molecule has 140 valence electrons. The summed E-state index contributed by atoms with van der Waals surface area (Å²) in [6.07, 6.45) is 2.12. The van der Waals surface area contributed by atoms with Gasteiger partial charge in [0.05, 0.1) is 12.8 Å². The van der Waals surface area contributed by atoms with Gasteiger partial charge in [-0.15, -0.1) is 0 Å². The van der Waals surface area contributed by atoms with Crippen LogP contribution in [0.4, 0.5) is 0 Å². The number of amides is 1. The molecule has 4 rings (SSSR count). The molecule has 0 saturated heterocycles. The van der Waals surface area contributed by atoms with Crippen LogP contribution in [0, 0.1) is 0 Å². The molecule has 6 heteroatoms. The zero-order valence-corrected chi connectivity index (χ0v) is 16.0. The Hall–Kier alpha value is -2.60. The molecule has 1 aliphatic heterocycles. The Morgan fingerprint density at radius 1 is 1.26 bits per heavy atom. The minimum absolute atomic E-state index is 0.0421. The van der Waals surface area contributed by atoms with Gasteiger partial charge < -0.3 is 14.6 Å². The molecule has 0 fully saturated rings. The van der Waals surface area contributed by atoms with Gasteiger partial charge in [0.1, 0.15) is 0 Å². The summed E-state index contributed by atoms with van der Waals surface area (Å²) >= 11 is 1.61. The topological polar surface area (TPSA) is 62.5 Å². The van der Waals surface area contributed by atoms with Crippen molar-refractivity contribution < 1.29 is 14.7 Å². The molecule has 1 aromatic carbocycles. The number of carboxylic acid groups (broad SMARTS) is 1. The molecule has 3 aromatic rings. The van der Waals surface area contributed by atoms with Crippen molar-refractivity contribution >= 4 is 34.1 Å². The number of rotatable bonds is 5. The summed E-state index contributed by atoms with van der Waals surface area (Å²) in [5.41, 5.74) is 4.15. The van der Waals surface area contributed by atoms with Crippen molar-refractivity contribution in [3.8, 4) is 0 Å². The van der Waals surface area contributed by atoms with E-state index in [0.717, 1.165) is 40.6 Å². The molecule has 0 saturated carbocycles. The zero-order valence-electron chi connectivity index (χ0n) is 15.2. The molecule has 1 amide bonds. The maximum Gasteiger partial charge on any atom is 0.307 e. The highest BCUT2D eigenvalue weighted by atomic mass is 32.1. The van der Waals surface area contributed by atoms with Crippen molar-refractivity contribution in [2.24, 2.45) is 0 Å². The lowest BCUT2D eigenvalue weighted by Crippen LogP contribution is -2.43. The van der Waals surface area contributed by atoms with Crippen LogP contribution < -0.4 is 0 Å². The van der Waals surface area contributed by atoms with Crippen molar-refractivity contribution in [1.82, 2.24) is 9.47 Å². The monoisotopic (exact) mass is 382 g/mol. The number of nitrogens with zero attached hydrogens (tertiary/aromatic N) is 2. The molecule has 1 N–H and O–H groups in total. The molecule has 0 radical (unpaired) electrons. The molecule has 27 heavy (non-hydrogen) atoms. The fourth-order valence-corrected chi connectivity index (χ4v) is 4.76. The van der Waals surface area contributed by atoms with E-state index in [1.807, 2.05) is 53.0 Å². The Bertz CT molecular complexity index is 990. The van der Waals surface area contributed by atoms with Crippen molar-refractivity contribution in [3.05, 3.63) is 57.9 Å². The zero-order chi connectivity index (χ0) is 19.0. The number of hydrogen-bond acceptors (Lipinski definition) is 3. The third-order valence-corrected chi connectivity index (χ3v) is 6.24. The van der Waals surface area contributed by atoms with Gasteiger partial charge in [0.2, 0.25) is 5.91 Å². The highest BCUT2D eigenvalue weighted by molar-refractivity contribution is 7.08. The second-order valence-electron chi connectivity index (χ2n) is 7.13. The molecule has 0 aliphatic carbocycles. The first-order valence-electron chi connectivity index (χ1n) is 9.12. The van der Waals surface area contributed by atoms with Crippen molar-refractivity contribution in [1.29, 1.82) is 0 Å². The van der Waals surface area contributed by atoms with Gasteiger partial charge in [-0.3, -0.25) is 9.59 Å². The first-order chi connectivity index (χ1) is 13.0. The average molecular weight is 382 g/mol. The second-order valence-corrected chi connectivity index (χ2v) is 7.91. The molecule has 2 aromatic heterocycles. The van der Waals surface area contributed by atoms with E-state index in [1.165, 1.54) is 0 Å². The van der Waals surface area contributed by atoms with Gasteiger partial charge in [0, 0.05) is 36.2 Å². The number of benzene rings is 1. The number of hydrogen-bond donors (Lipinski definition) is 1. The number of carbonyl (C=O) groups excluding carboxylic acids is 1. The molecule has 0 spiro atoms. The maximum atomic E-state index is 12.7. The molecule has 1 unspecified atom stereocenters. The quantitative estimate of drug-likeness (QED) is 0.736. The van der Waals surface area contributed by atoms with Crippen LogP contribution in [0.3, 0.4) is 0 Å². The van der Waals surface area contributed by atoms with Gasteiger partial charge in [0.15, 0.2) is 0 Å². The normalized spacial score (nSPS) is 16.3. The molecule has 3 heterocycles. The van der Waals surface area contributed by atoms with Gasteiger partial charge >= 0.3 is 5.97 Å². The molecular formula is C21H22N2O3S. The minimum atomic E-state index is -0.806. The van der Waals surface area contributed by atoms with Crippen LogP contribution in [-0.2, 0) is 35.4 Å². The smallest absolute Gasteiger partial charge is 0.307 e. The van der Waals surface area contributed by atoms with Crippen molar-refractivity contribution in [2.45, 2.75) is 38.3 Å². The summed E-state index contributed by atoms with van der Waals surface area (Å²) in [7, 11) is 1.88. The highest BCUT2D eigenvalue weighted by Gasteiger charge is 2.29. The van der Waals surface area contributed by atoms with Crippen LogP contribution in [0.15, 0.2) is 41.1 Å². The van der Waals surface area contributed by atoms with Crippen molar-refractivity contribution in [2.75, 3.05) is 7.05 Å². The number of carbonyl (C=O) groups is 2. The van der Waals surface area contributed by atoms with Crippen LogP contribution in [0.1, 0.15) is 23.2 Å². The summed E-state index contributed by atoms with van der Waals surface area (Å²) in [6.45, 7) is 0.710. The summed E-state index contributed by atoms with van der Waals surface area (Å²) in [5.74, 6) is -0.677. The van der Waals surface area contributed by atoms with Gasteiger partial charge in [-0.05, 0) is 46.9 Å². The number of aromatic nitrogens is 1. The maximum absolute atomic E-state index is 12.7. The molecule has 1 aliphatic rings. The molecular weight excluding hydrogens is 360 g/mol. The van der Waals surface area contributed by atoms with E-state index >= 15 is 0 Å². The van der Waals surface area contributed by atoms with Gasteiger partial charge in [-0.2, -0.15) is 11.3 Å². The Balaban J connectivity index is 1.61. The number of carboxylic acids is 1. The lowest BCUT2D eigenvalue weighted by molar-refractivity contribution is -0.136. The van der Waals surface area contributed by atoms with Crippen LogP contribution in [0.2, 0.25) is 0 Å². The standard InChI is InChI=1S/C21H22N2O3S/c1-22(20(24)10-14-8-9-27-13-14)15-6-7-19-17(11-21(25)26)16-4-2-3-5-18(16)23(19)12-15/h2-5,8-9,13,15H,6-7,10-12H2,1H3,(H,25,26). The van der Waals surface area contributed by atoms with Crippen LogP contribution in [-0.4, -0.2) is 39.5 Å². The first-order valence-corrected chi connectivity index (χ1v) is 10.1. The Morgan fingerprint density at radius 3 is 2.81 bits per heavy atom. The van der Waals surface area contributed by atoms with Crippen LogP contribution in [0.5, 0.6) is 0 Å². The molecule has 1 atom stereocenters. The molecule has 5 nitrogen and oxygen atoms in total. The third-order valence-electron chi connectivity index (χ3n) is 5.51. The minimum Gasteiger partial charge on any atom is -0.481 e. The molecule has 0 bridgehead atoms. The van der Waals surface area contributed by atoms with E-state index in [4.69, 9.17) is 0 Å². The van der Waals surface area contributed by atoms with E-state index in [-0.39, 0.29) is 18.4 Å². The number of aliphatic carboxylic acids is 1. The van der Waals surface area contributed by atoms with Crippen LogP contribution >= 0.6 is 11.3 Å². The largest absolute Gasteiger partial charge is 0.481 e. The second kappa shape index (κ2) is 7.19. The predicted molar refractivity (Wildman–Crippen MR) is 106 cm³/mol. The van der Waals surface area contributed by atoms with Crippen LogP contribution in [0.25, 0.3) is 10.9 Å². The number of thiophene rings is 1. The number of para-hydroxylation sites is 1. The average Bonchev–Trinajstić information content (AvgIpc) is 3.27. The van der Waals surface area contributed by atoms with E-state index < -0.39 is 5.97 Å². The number of fused-ring (bicyclic) bond motifs is 3. The lowest BCUT2D eigenvalue weighted by Gasteiger charge is -2.33. The van der Waals surface area contributed by atoms with E-state index in [1.54, 1.807) is 11.3 Å². The summed E-state index contributed by atoms with van der Waals surface area (Å²) in [6, 6.07) is 10.1. The Kier molecular flexibility index (Phi) is 4.74. The Labute approximate surface area is 161 Å². The SMILES string of the molecule is CN(C(=O)Cc1ccsc1)C1CCc2c(CC(=O)O)c3ccccc3n2C1. The van der Waals surface area contributed by atoms with E-state index in [0.29, 0.717) is 13.0 Å². The number of likely N-dealkylation sites (N-methyl/N-ethyl adjacent to an activating group) is 1. The summed E-state index contributed by atoms with van der Waals surface area (Å²) < 4.78 is 2.22. The lowest BCUT2D eigenvalue weighted by atomic mass is 9.99. The van der Waals surface area contributed by atoms with Crippen molar-refractivity contribution in [3.63, 3.8) is 0 Å². The van der Waals surface area contributed by atoms with E-state index in [2.05, 4.69) is 4.57 Å². The highest BCUT2D eigenvalue weighted by Crippen LogP contribution is 2.32. The van der Waals surface area contributed by atoms with Gasteiger partial charge in [-0.1, -0.05) is 18.2 Å². The fraction of sp³-hybridized carbons (Fsp3) is 0.333. The predicted octanol–water partition coefficient (Wildman–Crippen LogP) is 3.35. The van der Waals surface area contributed by atoms with Gasteiger partial charge in [0.25, 0.3) is 0 Å².